The molecule has 1 aromatic carbocycles. The third-order valence-corrected chi connectivity index (χ3v) is 3.73. The van der Waals surface area contributed by atoms with Crippen LogP contribution in [0.15, 0.2) is 18.2 Å². The Kier molecular flexibility index (Phi) is 6.73. The van der Waals surface area contributed by atoms with Gasteiger partial charge in [0.25, 0.3) is 0 Å². The van der Waals surface area contributed by atoms with Crippen molar-refractivity contribution in [2.75, 3.05) is 23.7 Å². The Labute approximate surface area is 129 Å². The predicted molar refractivity (Wildman–Crippen MR) is 92.0 cm³/mol. The lowest BCUT2D eigenvalue weighted by Crippen LogP contribution is -2.27. The number of rotatable bonds is 8. The predicted octanol–water partition coefficient (Wildman–Crippen LogP) is 4.37. The van der Waals surface area contributed by atoms with Crippen molar-refractivity contribution in [1.29, 1.82) is 0 Å². The molecule has 3 heteroatoms. The Balaban J connectivity index is 2.95. The molecule has 1 rings (SSSR count). The van der Waals surface area contributed by atoms with Gasteiger partial charge in [-0.2, -0.15) is 0 Å². The molecule has 0 spiro atoms. The number of ketones is 1. The van der Waals surface area contributed by atoms with E-state index in [1.54, 1.807) is 6.92 Å². The minimum Gasteiger partial charge on any atom is -0.398 e. The summed E-state index contributed by atoms with van der Waals surface area (Å²) in [5.41, 5.74) is 8.20. The van der Waals surface area contributed by atoms with Crippen molar-refractivity contribution < 1.29 is 4.79 Å². The van der Waals surface area contributed by atoms with Gasteiger partial charge < -0.3 is 10.6 Å². The van der Waals surface area contributed by atoms with Crippen molar-refractivity contribution in [2.24, 2.45) is 11.8 Å². The van der Waals surface area contributed by atoms with Gasteiger partial charge >= 0.3 is 0 Å². The van der Waals surface area contributed by atoms with Crippen molar-refractivity contribution in [3.05, 3.63) is 23.8 Å². The van der Waals surface area contributed by atoms with E-state index in [0.717, 1.165) is 31.6 Å². The lowest BCUT2D eigenvalue weighted by atomic mass is 10.1. The SMILES string of the molecule is CC(=O)c1cc(N(CCC(C)C)CCC(C)C)ccc1N. The van der Waals surface area contributed by atoms with Gasteiger partial charge in [0.1, 0.15) is 0 Å². The Bertz CT molecular complexity index is 454. The van der Waals surface area contributed by atoms with Crippen LogP contribution in [0, 0.1) is 11.8 Å². The largest absolute Gasteiger partial charge is 0.398 e. The number of benzene rings is 1. The van der Waals surface area contributed by atoms with Crippen LogP contribution in [0.5, 0.6) is 0 Å². The van der Waals surface area contributed by atoms with E-state index in [1.165, 1.54) is 0 Å². The monoisotopic (exact) mass is 290 g/mol. The average Bonchev–Trinajstić information content (AvgIpc) is 2.39. The minimum atomic E-state index is 0.0296. The second kappa shape index (κ2) is 8.06. The molecule has 0 radical (unpaired) electrons. The normalized spacial score (nSPS) is 11.2. The summed E-state index contributed by atoms with van der Waals surface area (Å²) in [5, 5.41) is 0. The molecule has 0 amide bonds. The third-order valence-electron chi connectivity index (χ3n) is 3.73. The topological polar surface area (TPSA) is 46.3 Å². The van der Waals surface area contributed by atoms with Crippen LogP contribution in [0.4, 0.5) is 11.4 Å². The number of nitrogen functional groups attached to an aromatic ring is 1. The molecule has 0 saturated heterocycles. The minimum absolute atomic E-state index is 0.0296. The summed E-state index contributed by atoms with van der Waals surface area (Å²) in [4.78, 5) is 14.1. The molecule has 0 atom stereocenters. The molecule has 2 N–H and O–H groups in total. The number of hydrogen-bond acceptors (Lipinski definition) is 3. The van der Waals surface area contributed by atoms with Gasteiger partial charge in [-0.3, -0.25) is 4.79 Å². The average molecular weight is 290 g/mol. The van der Waals surface area contributed by atoms with E-state index >= 15 is 0 Å². The second-order valence-electron chi connectivity index (χ2n) is 6.68. The zero-order valence-electron chi connectivity index (χ0n) is 14.1. The maximum Gasteiger partial charge on any atom is 0.161 e. The van der Waals surface area contributed by atoms with E-state index in [1.807, 2.05) is 18.2 Å². The molecule has 21 heavy (non-hydrogen) atoms. The molecule has 0 aliphatic heterocycles. The molecule has 0 aliphatic rings. The van der Waals surface area contributed by atoms with E-state index in [9.17, 15) is 4.79 Å². The van der Waals surface area contributed by atoms with Gasteiger partial charge in [0.15, 0.2) is 5.78 Å². The van der Waals surface area contributed by atoms with Crippen LogP contribution in [-0.2, 0) is 0 Å². The fourth-order valence-corrected chi connectivity index (χ4v) is 2.24. The number of nitrogens with two attached hydrogens (primary N) is 1. The zero-order chi connectivity index (χ0) is 16.0. The lowest BCUT2D eigenvalue weighted by Gasteiger charge is -2.27. The van der Waals surface area contributed by atoms with Gasteiger partial charge in [-0.15, -0.1) is 0 Å². The molecular formula is C18H30N2O. The van der Waals surface area contributed by atoms with Gasteiger partial charge in [0.2, 0.25) is 0 Å². The van der Waals surface area contributed by atoms with Crippen molar-refractivity contribution in [3.8, 4) is 0 Å². The first-order valence-electron chi connectivity index (χ1n) is 7.96. The Morgan fingerprint density at radius 1 is 1.10 bits per heavy atom. The van der Waals surface area contributed by atoms with Gasteiger partial charge in [-0.1, -0.05) is 27.7 Å². The Hall–Kier alpha value is -1.51. The molecule has 0 bridgehead atoms. The van der Waals surface area contributed by atoms with E-state index in [-0.39, 0.29) is 5.78 Å². The number of Topliss-reactive ketones (excluding diaryl/α,β-unsaturated/α-hetero) is 1. The van der Waals surface area contributed by atoms with E-state index in [2.05, 4.69) is 32.6 Å². The highest BCUT2D eigenvalue weighted by Crippen LogP contribution is 2.23. The molecular weight excluding hydrogens is 260 g/mol. The molecule has 1 aromatic rings. The van der Waals surface area contributed by atoms with Crippen molar-refractivity contribution in [1.82, 2.24) is 0 Å². The van der Waals surface area contributed by atoms with Gasteiger partial charge in [0.05, 0.1) is 0 Å². The maximum absolute atomic E-state index is 11.7. The summed E-state index contributed by atoms with van der Waals surface area (Å²) in [6.45, 7) is 12.6. The van der Waals surface area contributed by atoms with Gasteiger partial charge in [0, 0.05) is 30.0 Å². The van der Waals surface area contributed by atoms with Gasteiger partial charge in [-0.05, 0) is 49.8 Å². The summed E-state index contributed by atoms with van der Waals surface area (Å²) in [6, 6.07) is 5.82. The van der Waals surface area contributed by atoms with Gasteiger partial charge in [-0.25, -0.2) is 0 Å². The smallest absolute Gasteiger partial charge is 0.161 e. The number of nitrogens with zero attached hydrogens (tertiary/aromatic N) is 1. The number of carbonyl (C=O) groups is 1. The van der Waals surface area contributed by atoms with Crippen LogP contribution < -0.4 is 10.6 Å². The molecule has 0 fully saturated rings. The van der Waals surface area contributed by atoms with Crippen LogP contribution in [0.25, 0.3) is 0 Å². The number of anilines is 2. The summed E-state index contributed by atoms with van der Waals surface area (Å²) in [5.74, 6) is 1.38. The fraction of sp³-hybridized carbons (Fsp3) is 0.611. The second-order valence-corrected chi connectivity index (χ2v) is 6.68. The Morgan fingerprint density at radius 3 is 2.05 bits per heavy atom. The lowest BCUT2D eigenvalue weighted by molar-refractivity contribution is 0.101. The highest BCUT2D eigenvalue weighted by Gasteiger charge is 2.12. The van der Waals surface area contributed by atoms with E-state index in [4.69, 9.17) is 5.73 Å². The highest BCUT2D eigenvalue weighted by atomic mass is 16.1. The third kappa shape index (κ3) is 5.78. The van der Waals surface area contributed by atoms with Crippen LogP contribution >= 0.6 is 0 Å². The summed E-state index contributed by atoms with van der Waals surface area (Å²) >= 11 is 0. The molecule has 3 nitrogen and oxygen atoms in total. The zero-order valence-corrected chi connectivity index (χ0v) is 14.1. The first-order valence-corrected chi connectivity index (χ1v) is 7.96. The van der Waals surface area contributed by atoms with Crippen LogP contribution in [-0.4, -0.2) is 18.9 Å². The van der Waals surface area contributed by atoms with E-state index < -0.39 is 0 Å². The van der Waals surface area contributed by atoms with Crippen molar-refractivity contribution >= 4 is 17.2 Å². The number of carbonyl (C=O) groups excluding carboxylic acids is 1. The molecule has 0 saturated carbocycles. The maximum atomic E-state index is 11.7. The van der Waals surface area contributed by atoms with Crippen LogP contribution in [0.3, 0.4) is 0 Å². The molecule has 0 unspecified atom stereocenters. The van der Waals surface area contributed by atoms with E-state index in [0.29, 0.717) is 23.1 Å². The standard InChI is InChI=1S/C18H30N2O/c1-13(2)8-10-20(11-9-14(3)4)16-6-7-18(19)17(12-16)15(5)21/h6-7,12-14H,8-11,19H2,1-5H3. The quantitative estimate of drug-likeness (QED) is 0.571. The molecule has 118 valence electrons. The molecule has 0 aliphatic carbocycles. The number of hydrogen-bond donors (Lipinski definition) is 1. The van der Waals surface area contributed by atoms with Crippen molar-refractivity contribution in [2.45, 2.75) is 47.5 Å². The summed E-state index contributed by atoms with van der Waals surface area (Å²) < 4.78 is 0. The molecule has 0 aromatic heterocycles. The molecule has 0 heterocycles. The van der Waals surface area contributed by atoms with Crippen LogP contribution in [0.2, 0.25) is 0 Å². The Morgan fingerprint density at radius 2 is 1.62 bits per heavy atom. The summed E-state index contributed by atoms with van der Waals surface area (Å²) in [6.07, 6.45) is 2.30. The summed E-state index contributed by atoms with van der Waals surface area (Å²) in [7, 11) is 0. The highest BCUT2D eigenvalue weighted by molar-refractivity contribution is 6.00. The van der Waals surface area contributed by atoms with Crippen LogP contribution in [0.1, 0.15) is 57.8 Å². The van der Waals surface area contributed by atoms with Crippen molar-refractivity contribution in [3.63, 3.8) is 0 Å². The first-order chi connectivity index (χ1) is 9.81. The first kappa shape index (κ1) is 17.5. The fourth-order valence-electron chi connectivity index (χ4n) is 2.24.